The Hall–Kier alpha value is -2.30. The Labute approximate surface area is 119 Å². The highest BCUT2D eigenvalue weighted by atomic mass is 15.2. The first kappa shape index (κ1) is 14.1. The molecule has 0 bridgehead atoms. The largest absolute Gasteiger partial charge is 0.370 e. The molecule has 1 heterocycles. The summed E-state index contributed by atoms with van der Waals surface area (Å²) in [6, 6.07) is 8.30. The minimum Gasteiger partial charge on any atom is -0.370 e. The third-order valence-electron chi connectivity index (χ3n) is 3.03. The molecule has 1 aromatic heterocycles. The molecule has 0 fully saturated rings. The number of aromatic nitrogens is 2. The van der Waals surface area contributed by atoms with Gasteiger partial charge >= 0.3 is 0 Å². The lowest BCUT2D eigenvalue weighted by molar-refractivity contribution is 1.07. The minimum atomic E-state index is 0.273. The maximum absolute atomic E-state index is 5.78. The molecule has 106 valence electrons. The van der Waals surface area contributed by atoms with Crippen molar-refractivity contribution >= 4 is 23.3 Å². The summed E-state index contributed by atoms with van der Waals surface area (Å²) in [6.45, 7) is 6.99. The molecule has 0 amide bonds. The Kier molecular flexibility index (Phi) is 4.08. The van der Waals surface area contributed by atoms with Gasteiger partial charge in [-0.2, -0.15) is 9.97 Å². The van der Waals surface area contributed by atoms with Crippen LogP contribution in [0.15, 0.2) is 24.3 Å². The molecule has 0 unspecified atom stereocenters. The van der Waals surface area contributed by atoms with Gasteiger partial charge in [-0.15, -0.1) is 0 Å². The Bertz CT molecular complexity index is 589. The van der Waals surface area contributed by atoms with Crippen molar-refractivity contribution in [1.82, 2.24) is 9.97 Å². The number of nitrogen functional groups attached to an aromatic ring is 1. The molecule has 0 aliphatic heterocycles. The highest BCUT2D eigenvalue weighted by Gasteiger charge is 2.09. The number of aryl methyl sites for hydroxylation is 2. The van der Waals surface area contributed by atoms with Gasteiger partial charge in [-0.1, -0.05) is 6.07 Å². The fourth-order valence-corrected chi connectivity index (χ4v) is 2.17. The van der Waals surface area contributed by atoms with Crippen molar-refractivity contribution in [3.63, 3.8) is 0 Å². The van der Waals surface area contributed by atoms with Gasteiger partial charge in [-0.25, -0.2) is 0 Å². The van der Waals surface area contributed by atoms with Gasteiger partial charge in [0.25, 0.3) is 0 Å². The summed E-state index contributed by atoms with van der Waals surface area (Å²) in [6.07, 6.45) is 0. The number of anilines is 4. The molecule has 0 aliphatic rings. The molecular formula is C15H21N5. The molecule has 0 radical (unpaired) electrons. The molecule has 5 nitrogen and oxygen atoms in total. The molecule has 2 aromatic rings. The van der Waals surface area contributed by atoms with Gasteiger partial charge in [0, 0.05) is 25.3 Å². The van der Waals surface area contributed by atoms with Crippen LogP contribution in [0.25, 0.3) is 0 Å². The fraction of sp³-hybridized carbons (Fsp3) is 0.333. The predicted molar refractivity (Wildman–Crippen MR) is 84.6 cm³/mol. The zero-order valence-corrected chi connectivity index (χ0v) is 12.4. The van der Waals surface area contributed by atoms with Crippen LogP contribution in [-0.2, 0) is 0 Å². The highest BCUT2D eigenvalue weighted by molar-refractivity contribution is 5.64. The molecule has 0 saturated carbocycles. The van der Waals surface area contributed by atoms with E-state index >= 15 is 0 Å². The van der Waals surface area contributed by atoms with Crippen LogP contribution in [0.5, 0.6) is 0 Å². The van der Waals surface area contributed by atoms with Gasteiger partial charge in [0.2, 0.25) is 5.95 Å². The van der Waals surface area contributed by atoms with E-state index in [1.54, 1.807) is 0 Å². The predicted octanol–water partition coefficient (Wildman–Crippen LogP) is 2.88. The van der Waals surface area contributed by atoms with Gasteiger partial charge in [-0.05, 0) is 44.0 Å². The van der Waals surface area contributed by atoms with Gasteiger partial charge in [-0.3, -0.25) is 0 Å². The van der Waals surface area contributed by atoms with Gasteiger partial charge in [0.1, 0.15) is 11.6 Å². The zero-order chi connectivity index (χ0) is 14.7. The summed E-state index contributed by atoms with van der Waals surface area (Å²) in [7, 11) is 1.98. The SMILES string of the molecule is CCNc1cc(N(C)c2cc(C)cc(C)c2)nc(N)n1. The van der Waals surface area contributed by atoms with Crippen LogP contribution in [0.1, 0.15) is 18.1 Å². The Morgan fingerprint density at radius 3 is 2.35 bits per heavy atom. The van der Waals surface area contributed by atoms with E-state index in [9.17, 15) is 0 Å². The highest BCUT2D eigenvalue weighted by Crippen LogP contribution is 2.26. The maximum Gasteiger partial charge on any atom is 0.223 e. The van der Waals surface area contributed by atoms with Crippen molar-refractivity contribution in [3.8, 4) is 0 Å². The van der Waals surface area contributed by atoms with Crippen molar-refractivity contribution in [1.29, 1.82) is 0 Å². The van der Waals surface area contributed by atoms with E-state index in [0.29, 0.717) is 0 Å². The fourth-order valence-electron chi connectivity index (χ4n) is 2.17. The number of hydrogen-bond acceptors (Lipinski definition) is 5. The summed E-state index contributed by atoms with van der Waals surface area (Å²) >= 11 is 0. The lowest BCUT2D eigenvalue weighted by atomic mass is 10.1. The van der Waals surface area contributed by atoms with Crippen molar-refractivity contribution in [2.75, 3.05) is 29.5 Å². The lowest BCUT2D eigenvalue weighted by Gasteiger charge is -2.20. The van der Waals surface area contributed by atoms with Crippen molar-refractivity contribution in [3.05, 3.63) is 35.4 Å². The van der Waals surface area contributed by atoms with Crippen LogP contribution in [0.3, 0.4) is 0 Å². The van der Waals surface area contributed by atoms with Crippen LogP contribution in [0, 0.1) is 13.8 Å². The Morgan fingerprint density at radius 1 is 1.10 bits per heavy atom. The summed E-state index contributed by atoms with van der Waals surface area (Å²) in [5, 5.41) is 3.16. The molecule has 0 saturated heterocycles. The molecule has 3 N–H and O–H groups in total. The smallest absolute Gasteiger partial charge is 0.223 e. The zero-order valence-electron chi connectivity index (χ0n) is 12.4. The summed E-state index contributed by atoms with van der Waals surface area (Å²) < 4.78 is 0. The normalized spacial score (nSPS) is 10.4. The van der Waals surface area contributed by atoms with E-state index in [-0.39, 0.29) is 5.95 Å². The quantitative estimate of drug-likeness (QED) is 0.895. The number of nitrogens with zero attached hydrogens (tertiary/aromatic N) is 3. The number of nitrogens with one attached hydrogen (secondary N) is 1. The van der Waals surface area contributed by atoms with Crippen LogP contribution in [-0.4, -0.2) is 23.6 Å². The van der Waals surface area contributed by atoms with Crippen molar-refractivity contribution in [2.45, 2.75) is 20.8 Å². The molecule has 20 heavy (non-hydrogen) atoms. The van der Waals surface area contributed by atoms with E-state index in [0.717, 1.165) is 23.9 Å². The number of rotatable bonds is 4. The third kappa shape index (κ3) is 3.17. The van der Waals surface area contributed by atoms with Crippen molar-refractivity contribution in [2.24, 2.45) is 0 Å². The summed E-state index contributed by atoms with van der Waals surface area (Å²) in [5.41, 5.74) is 9.31. The van der Waals surface area contributed by atoms with Crippen LogP contribution in [0.2, 0.25) is 0 Å². The average Bonchev–Trinajstić information content (AvgIpc) is 2.36. The van der Waals surface area contributed by atoms with E-state index in [4.69, 9.17) is 5.73 Å². The molecule has 5 heteroatoms. The van der Waals surface area contributed by atoms with Crippen molar-refractivity contribution < 1.29 is 0 Å². The van der Waals surface area contributed by atoms with Crippen LogP contribution >= 0.6 is 0 Å². The second-order valence-electron chi connectivity index (χ2n) is 4.90. The van der Waals surface area contributed by atoms with Gasteiger partial charge in [0.05, 0.1) is 0 Å². The molecule has 0 spiro atoms. The Morgan fingerprint density at radius 2 is 1.75 bits per heavy atom. The topological polar surface area (TPSA) is 67.1 Å². The van der Waals surface area contributed by atoms with E-state index < -0.39 is 0 Å². The van der Waals surface area contributed by atoms with E-state index in [1.165, 1.54) is 11.1 Å². The second kappa shape index (κ2) is 5.77. The van der Waals surface area contributed by atoms with E-state index in [1.807, 2.05) is 24.9 Å². The first-order chi connectivity index (χ1) is 9.49. The maximum atomic E-state index is 5.78. The molecule has 0 aliphatic carbocycles. The second-order valence-corrected chi connectivity index (χ2v) is 4.90. The first-order valence-electron chi connectivity index (χ1n) is 6.70. The van der Waals surface area contributed by atoms with E-state index in [2.05, 4.69) is 47.3 Å². The first-order valence-corrected chi connectivity index (χ1v) is 6.70. The Balaban J connectivity index is 2.39. The molecular weight excluding hydrogens is 250 g/mol. The number of hydrogen-bond donors (Lipinski definition) is 2. The van der Waals surface area contributed by atoms with Crippen LogP contribution < -0.4 is 16.0 Å². The monoisotopic (exact) mass is 271 g/mol. The standard InChI is InChI=1S/C15H21N5/c1-5-17-13-9-14(19-15(16)18-13)20(4)12-7-10(2)6-11(3)8-12/h6-9H,5H2,1-4H3,(H3,16,17,18,19). The number of nitrogens with two attached hydrogens (primary N) is 1. The van der Waals surface area contributed by atoms with Crippen LogP contribution in [0.4, 0.5) is 23.3 Å². The van der Waals surface area contributed by atoms with Gasteiger partial charge < -0.3 is 16.0 Å². The summed E-state index contributed by atoms with van der Waals surface area (Å²) in [4.78, 5) is 10.5. The number of benzene rings is 1. The average molecular weight is 271 g/mol. The molecule has 2 rings (SSSR count). The third-order valence-corrected chi connectivity index (χ3v) is 3.03. The molecule has 1 aromatic carbocycles. The lowest BCUT2D eigenvalue weighted by Crippen LogP contribution is -2.14. The summed E-state index contributed by atoms with van der Waals surface area (Å²) in [5.74, 6) is 1.79. The van der Waals surface area contributed by atoms with Gasteiger partial charge in [0.15, 0.2) is 0 Å². The minimum absolute atomic E-state index is 0.273. The molecule has 0 atom stereocenters.